The molecular formula is C12H16Cl2F3N3O. The molecule has 3 N–H and O–H groups in total. The molecule has 1 fully saturated rings. The normalized spacial score (nSPS) is 16.0. The molecule has 1 amide bonds. The van der Waals surface area contributed by atoms with Crippen LogP contribution in [-0.2, 0) is 6.18 Å². The van der Waals surface area contributed by atoms with Gasteiger partial charge in [-0.15, -0.1) is 24.8 Å². The van der Waals surface area contributed by atoms with Crippen molar-refractivity contribution in [3.8, 4) is 0 Å². The van der Waals surface area contributed by atoms with Gasteiger partial charge in [0.05, 0.1) is 5.56 Å². The molecule has 1 heterocycles. The topological polar surface area (TPSA) is 68.0 Å². The van der Waals surface area contributed by atoms with E-state index in [-0.39, 0.29) is 36.0 Å². The lowest BCUT2D eigenvalue weighted by molar-refractivity contribution is -0.137. The van der Waals surface area contributed by atoms with Gasteiger partial charge in [-0.25, -0.2) is 0 Å². The van der Waals surface area contributed by atoms with Gasteiger partial charge in [0.15, 0.2) is 0 Å². The maximum Gasteiger partial charge on any atom is 0.417 e. The molecule has 0 spiro atoms. The zero-order valence-electron chi connectivity index (χ0n) is 10.9. The molecule has 1 aliphatic carbocycles. The summed E-state index contributed by atoms with van der Waals surface area (Å²) < 4.78 is 37.0. The summed E-state index contributed by atoms with van der Waals surface area (Å²) in [5.74, 6) is -0.509. The average molecular weight is 346 g/mol. The summed E-state index contributed by atoms with van der Waals surface area (Å²) in [5.41, 5.74) is 4.63. The number of amides is 1. The molecular weight excluding hydrogens is 330 g/mol. The van der Waals surface area contributed by atoms with Crippen LogP contribution in [0, 0.1) is 0 Å². The molecule has 0 aliphatic heterocycles. The second-order valence-electron chi connectivity index (χ2n) is 4.83. The van der Waals surface area contributed by atoms with Gasteiger partial charge in [0.25, 0.3) is 5.91 Å². The minimum Gasteiger partial charge on any atom is -0.349 e. The van der Waals surface area contributed by atoms with Crippen LogP contribution >= 0.6 is 24.8 Å². The quantitative estimate of drug-likeness (QED) is 0.884. The van der Waals surface area contributed by atoms with E-state index in [4.69, 9.17) is 5.73 Å². The van der Waals surface area contributed by atoms with Gasteiger partial charge in [0.1, 0.15) is 5.69 Å². The van der Waals surface area contributed by atoms with Crippen LogP contribution in [0.3, 0.4) is 0 Å². The van der Waals surface area contributed by atoms with Crippen molar-refractivity contribution in [2.75, 3.05) is 6.54 Å². The first-order valence-electron chi connectivity index (χ1n) is 5.91. The molecule has 1 aromatic rings. The highest BCUT2D eigenvalue weighted by molar-refractivity contribution is 5.92. The van der Waals surface area contributed by atoms with E-state index in [1.54, 1.807) is 0 Å². The summed E-state index contributed by atoms with van der Waals surface area (Å²) in [4.78, 5) is 15.2. The van der Waals surface area contributed by atoms with Crippen molar-refractivity contribution in [3.05, 3.63) is 29.6 Å². The minimum absolute atomic E-state index is 0. The molecule has 0 bridgehead atoms. The number of carbonyl (C=O) groups excluding carboxylic acids is 1. The van der Waals surface area contributed by atoms with E-state index in [0.29, 0.717) is 12.7 Å². The van der Waals surface area contributed by atoms with E-state index in [2.05, 4.69) is 10.3 Å². The Labute approximate surface area is 132 Å². The highest BCUT2D eigenvalue weighted by Crippen LogP contribution is 2.29. The Balaban J connectivity index is 0.00000200. The maximum absolute atomic E-state index is 12.3. The summed E-state index contributed by atoms with van der Waals surface area (Å²) in [6, 6.07) is 1.89. The Morgan fingerprint density at radius 2 is 1.95 bits per heavy atom. The molecule has 120 valence electrons. The van der Waals surface area contributed by atoms with Crippen LogP contribution in [0.1, 0.15) is 35.3 Å². The van der Waals surface area contributed by atoms with Crippen LogP contribution in [0.15, 0.2) is 18.3 Å². The lowest BCUT2D eigenvalue weighted by Gasteiger charge is -2.38. The third kappa shape index (κ3) is 5.01. The minimum atomic E-state index is -4.45. The number of aromatic nitrogens is 1. The number of hydrogen-bond acceptors (Lipinski definition) is 3. The summed E-state index contributed by atoms with van der Waals surface area (Å²) in [5, 5.41) is 2.59. The number of nitrogens with zero attached hydrogens (tertiary/aromatic N) is 1. The molecule has 0 aromatic carbocycles. The van der Waals surface area contributed by atoms with Crippen LogP contribution in [0.4, 0.5) is 13.2 Å². The lowest BCUT2D eigenvalue weighted by Crippen LogP contribution is -2.55. The molecule has 1 saturated carbocycles. The van der Waals surface area contributed by atoms with Gasteiger partial charge >= 0.3 is 6.18 Å². The van der Waals surface area contributed by atoms with E-state index in [1.165, 1.54) is 0 Å². The first-order chi connectivity index (χ1) is 8.80. The van der Waals surface area contributed by atoms with Crippen molar-refractivity contribution in [1.82, 2.24) is 10.3 Å². The number of rotatable bonds is 3. The summed E-state index contributed by atoms with van der Waals surface area (Å²) in [6.45, 7) is 0.314. The molecule has 0 radical (unpaired) electrons. The number of carbonyl (C=O) groups is 1. The van der Waals surface area contributed by atoms with Gasteiger partial charge in [-0.1, -0.05) is 0 Å². The molecule has 1 aliphatic rings. The van der Waals surface area contributed by atoms with Crippen molar-refractivity contribution in [2.45, 2.75) is 31.0 Å². The predicted molar refractivity (Wildman–Crippen MR) is 76.8 cm³/mol. The Morgan fingerprint density at radius 1 is 1.33 bits per heavy atom. The van der Waals surface area contributed by atoms with Gasteiger partial charge < -0.3 is 11.1 Å². The van der Waals surface area contributed by atoms with Crippen LogP contribution in [0.5, 0.6) is 0 Å². The van der Waals surface area contributed by atoms with Crippen molar-refractivity contribution >= 4 is 30.7 Å². The van der Waals surface area contributed by atoms with Crippen LogP contribution in [0.25, 0.3) is 0 Å². The summed E-state index contributed by atoms with van der Waals surface area (Å²) in [7, 11) is 0. The molecule has 2 rings (SSSR count). The van der Waals surface area contributed by atoms with Gasteiger partial charge in [-0.05, 0) is 31.4 Å². The monoisotopic (exact) mass is 345 g/mol. The third-order valence-electron chi connectivity index (χ3n) is 3.27. The van der Waals surface area contributed by atoms with E-state index in [9.17, 15) is 18.0 Å². The number of pyridine rings is 1. The number of hydrogen-bond donors (Lipinski definition) is 2. The number of nitrogens with one attached hydrogen (secondary N) is 1. The Morgan fingerprint density at radius 3 is 2.33 bits per heavy atom. The molecule has 9 heteroatoms. The SMILES string of the molecule is Cl.Cl.NC1(CNC(=O)c2ccc(C(F)(F)F)cn2)CCC1. The third-order valence-corrected chi connectivity index (χ3v) is 3.27. The molecule has 1 aromatic heterocycles. The van der Waals surface area contributed by atoms with Crippen LogP contribution < -0.4 is 11.1 Å². The molecule has 0 saturated heterocycles. The Bertz CT molecular complexity index is 476. The zero-order valence-corrected chi connectivity index (χ0v) is 12.6. The van der Waals surface area contributed by atoms with Crippen molar-refractivity contribution in [2.24, 2.45) is 5.73 Å². The smallest absolute Gasteiger partial charge is 0.349 e. The highest BCUT2D eigenvalue weighted by Gasteiger charge is 2.33. The molecule has 4 nitrogen and oxygen atoms in total. The first kappa shape index (κ1) is 19.9. The fourth-order valence-corrected chi connectivity index (χ4v) is 1.85. The Kier molecular flexibility index (Phi) is 6.92. The van der Waals surface area contributed by atoms with Gasteiger partial charge in [0.2, 0.25) is 0 Å². The second-order valence-corrected chi connectivity index (χ2v) is 4.83. The lowest BCUT2D eigenvalue weighted by atomic mass is 9.78. The fraction of sp³-hybridized carbons (Fsp3) is 0.500. The second kappa shape index (κ2) is 7.29. The van der Waals surface area contributed by atoms with E-state index < -0.39 is 17.6 Å². The van der Waals surface area contributed by atoms with Crippen molar-refractivity contribution in [3.63, 3.8) is 0 Å². The van der Waals surface area contributed by atoms with E-state index >= 15 is 0 Å². The zero-order chi connectivity index (χ0) is 14.1. The standard InChI is InChI=1S/C12H14F3N3O.2ClH/c13-12(14,15)8-2-3-9(17-6-8)10(19)18-7-11(16)4-1-5-11;;/h2-3,6H,1,4-5,7,16H2,(H,18,19);2*1H. The number of nitrogens with two attached hydrogens (primary N) is 1. The van der Waals surface area contributed by atoms with Gasteiger partial charge in [0, 0.05) is 18.3 Å². The maximum atomic E-state index is 12.3. The summed E-state index contributed by atoms with van der Waals surface area (Å²) in [6.07, 6.45) is -1.09. The molecule has 0 atom stereocenters. The van der Waals surface area contributed by atoms with Crippen LogP contribution in [-0.4, -0.2) is 23.0 Å². The van der Waals surface area contributed by atoms with Crippen molar-refractivity contribution < 1.29 is 18.0 Å². The molecule has 0 unspecified atom stereocenters. The van der Waals surface area contributed by atoms with E-state index in [1.807, 2.05) is 0 Å². The van der Waals surface area contributed by atoms with Crippen LogP contribution in [0.2, 0.25) is 0 Å². The average Bonchev–Trinajstić information content (AvgIpc) is 2.33. The molecule has 21 heavy (non-hydrogen) atoms. The number of alkyl halides is 3. The van der Waals surface area contributed by atoms with Gasteiger partial charge in [-0.2, -0.15) is 13.2 Å². The van der Waals surface area contributed by atoms with Gasteiger partial charge in [-0.3, -0.25) is 9.78 Å². The predicted octanol–water partition coefficient (Wildman–Crippen LogP) is 2.56. The first-order valence-corrected chi connectivity index (χ1v) is 5.91. The largest absolute Gasteiger partial charge is 0.417 e. The van der Waals surface area contributed by atoms with Crippen molar-refractivity contribution in [1.29, 1.82) is 0 Å². The highest BCUT2D eigenvalue weighted by atomic mass is 35.5. The van der Waals surface area contributed by atoms with E-state index in [0.717, 1.165) is 31.4 Å². The fourth-order valence-electron chi connectivity index (χ4n) is 1.85. The number of halogens is 5. The summed E-state index contributed by atoms with van der Waals surface area (Å²) >= 11 is 0. The Hall–Kier alpha value is -1.05.